The van der Waals surface area contributed by atoms with Crippen LogP contribution in [0.4, 0.5) is 23.7 Å². The van der Waals surface area contributed by atoms with Gasteiger partial charge in [0.1, 0.15) is 5.60 Å². The van der Waals surface area contributed by atoms with Crippen molar-refractivity contribution >= 4 is 17.9 Å². The molecule has 7 nitrogen and oxygen atoms in total. The Kier molecular flexibility index (Phi) is 7.71. The highest BCUT2D eigenvalue weighted by molar-refractivity contribution is 5.90. The van der Waals surface area contributed by atoms with Gasteiger partial charge in [-0.3, -0.25) is 14.8 Å². The quantitative estimate of drug-likeness (QED) is 0.481. The van der Waals surface area contributed by atoms with Gasteiger partial charge in [0, 0.05) is 50.6 Å². The van der Waals surface area contributed by atoms with Gasteiger partial charge in [0.05, 0.1) is 12.1 Å². The summed E-state index contributed by atoms with van der Waals surface area (Å²) < 4.78 is 46.1. The van der Waals surface area contributed by atoms with Crippen molar-refractivity contribution in [3.8, 4) is 11.1 Å². The number of rotatable bonds is 4. The summed E-state index contributed by atoms with van der Waals surface area (Å²) in [4.78, 5) is 36.6. The molecule has 0 saturated carbocycles. The molecular formula is C27H24F3N3O4. The molecule has 0 aliphatic carbocycles. The number of carbonyl (C=O) groups is 1. The number of alkyl halides is 3. The molecule has 5 rings (SSSR count). The van der Waals surface area contributed by atoms with Crippen LogP contribution in [-0.2, 0) is 27.0 Å². The molecular weight excluding hydrogens is 487 g/mol. The van der Waals surface area contributed by atoms with Gasteiger partial charge in [-0.1, -0.05) is 24.3 Å². The molecule has 2 fully saturated rings. The van der Waals surface area contributed by atoms with Crippen LogP contribution < -0.4 is 4.90 Å². The van der Waals surface area contributed by atoms with Gasteiger partial charge in [-0.15, -0.1) is 0 Å². The zero-order valence-corrected chi connectivity index (χ0v) is 19.8. The molecule has 1 spiro atoms. The van der Waals surface area contributed by atoms with Crippen LogP contribution in [0.1, 0.15) is 24.0 Å². The largest absolute Gasteiger partial charge is 0.441 e. The highest BCUT2D eigenvalue weighted by Gasteiger charge is 2.47. The van der Waals surface area contributed by atoms with Crippen LogP contribution in [0.2, 0.25) is 0 Å². The lowest BCUT2D eigenvalue weighted by Crippen LogP contribution is -2.46. The van der Waals surface area contributed by atoms with Gasteiger partial charge in [-0.05, 0) is 53.1 Å². The second-order valence-electron chi connectivity index (χ2n) is 8.94. The van der Waals surface area contributed by atoms with Gasteiger partial charge < -0.3 is 4.74 Å². The number of nitrogens with zero attached hydrogens (tertiary/aromatic N) is 3. The number of hydrogen-bond acceptors (Lipinski definition) is 6. The average Bonchev–Trinajstić information content (AvgIpc) is 3.22. The number of halogens is 3. The van der Waals surface area contributed by atoms with Crippen molar-refractivity contribution in [2.75, 3.05) is 24.5 Å². The average molecular weight is 512 g/mol. The van der Waals surface area contributed by atoms with Crippen LogP contribution in [-0.4, -0.2) is 47.4 Å². The number of ether oxygens (including phenoxy) is 1. The van der Waals surface area contributed by atoms with Crippen molar-refractivity contribution in [1.29, 1.82) is 0 Å². The van der Waals surface area contributed by atoms with Gasteiger partial charge in [0.2, 0.25) is 0 Å². The van der Waals surface area contributed by atoms with Gasteiger partial charge in [0.15, 0.2) is 0 Å². The number of benzene rings is 2. The number of hydrogen-bond donors (Lipinski definition) is 0. The Hall–Kier alpha value is -4.01. The molecule has 10 heteroatoms. The number of carbonyl (C=O) groups excluding carboxylic acids is 3. The first-order valence-corrected chi connectivity index (χ1v) is 11.6. The number of amides is 1. The third kappa shape index (κ3) is 6.04. The fourth-order valence-electron chi connectivity index (χ4n) is 4.76. The van der Waals surface area contributed by atoms with E-state index in [1.165, 1.54) is 12.1 Å². The van der Waals surface area contributed by atoms with Gasteiger partial charge in [0.25, 0.3) is 0 Å². The van der Waals surface area contributed by atoms with Crippen molar-refractivity contribution in [2.24, 2.45) is 0 Å². The highest BCUT2D eigenvalue weighted by atomic mass is 19.4. The summed E-state index contributed by atoms with van der Waals surface area (Å²) in [6.45, 7) is 2.12. The maximum absolute atomic E-state index is 13.4. The number of anilines is 1. The second kappa shape index (κ2) is 10.9. The fourth-order valence-corrected chi connectivity index (χ4v) is 4.76. The molecule has 192 valence electrons. The SMILES string of the molecule is O=C1OC2(CCN(Cc3cc(C(F)(F)F)ccc3-c3ccncc3)CC2)CN1c1ccccc1.O=C=O. The summed E-state index contributed by atoms with van der Waals surface area (Å²) >= 11 is 0. The van der Waals surface area contributed by atoms with Crippen LogP contribution in [0, 0.1) is 0 Å². The van der Waals surface area contributed by atoms with Crippen molar-refractivity contribution in [3.63, 3.8) is 0 Å². The molecule has 0 atom stereocenters. The molecule has 0 unspecified atom stereocenters. The van der Waals surface area contributed by atoms with E-state index in [2.05, 4.69) is 9.88 Å². The minimum atomic E-state index is -4.41. The van der Waals surface area contributed by atoms with E-state index in [4.69, 9.17) is 14.3 Å². The zero-order chi connectivity index (χ0) is 26.5. The third-order valence-electron chi connectivity index (χ3n) is 6.62. The first-order chi connectivity index (χ1) is 17.7. The third-order valence-corrected chi connectivity index (χ3v) is 6.62. The summed E-state index contributed by atoms with van der Waals surface area (Å²) in [5.41, 5.74) is 1.79. The van der Waals surface area contributed by atoms with E-state index in [1.54, 1.807) is 29.4 Å². The van der Waals surface area contributed by atoms with Crippen LogP contribution in [0.25, 0.3) is 11.1 Å². The Morgan fingerprint density at radius 1 is 0.973 bits per heavy atom. The monoisotopic (exact) mass is 511 g/mol. The number of para-hydroxylation sites is 1. The lowest BCUT2D eigenvalue weighted by Gasteiger charge is -2.37. The number of likely N-dealkylation sites (tertiary alicyclic amines) is 1. The Bertz CT molecular complexity index is 1250. The Morgan fingerprint density at radius 3 is 2.24 bits per heavy atom. The number of aromatic nitrogens is 1. The van der Waals surface area contributed by atoms with Gasteiger partial charge >= 0.3 is 18.4 Å². The summed E-state index contributed by atoms with van der Waals surface area (Å²) in [7, 11) is 0. The Balaban J connectivity index is 0.00000102. The zero-order valence-electron chi connectivity index (χ0n) is 19.8. The Labute approximate surface area is 211 Å². The maximum Gasteiger partial charge on any atom is 0.416 e. The summed E-state index contributed by atoms with van der Waals surface area (Å²) in [6.07, 6.45) is 0.0219. The molecule has 2 aliphatic heterocycles. The van der Waals surface area contributed by atoms with E-state index in [1.807, 2.05) is 30.3 Å². The van der Waals surface area contributed by atoms with Crippen LogP contribution in [0.5, 0.6) is 0 Å². The molecule has 2 saturated heterocycles. The minimum absolute atomic E-state index is 0.250. The highest BCUT2D eigenvalue weighted by Crippen LogP contribution is 2.38. The van der Waals surface area contributed by atoms with Crippen molar-refractivity contribution < 1.29 is 32.3 Å². The first kappa shape index (κ1) is 26.1. The van der Waals surface area contributed by atoms with Gasteiger partial charge in [-0.25, -0.2) is 4.79 Å². The first-order valence-electron chi connectivity index (χ1n) is 11.6. The van der Waals surface area contributed by atoms with E-state index in [-0.39, 0.29) is 12.2 Å². The van der Waals surface area contributed by atoms with E-state index >= 15 is 0 Å². The molecule has 0 N–H and O–H groups in total. The lowest BCUT2D eigenvalue weighted by atomic mass is 9.90. The van der Waals surface area contributed by atoms with Crippen molar-refractivity contribution in [3.05, 3.63) is 84.2 Å². The minimum Gasteiger partial charge on any atom is -0.441 e. The number of pyridine rings is 1. The van der Waals surface area contributed by atoms with Crippen molar-refractivity contribution in [2.45, 2.75) is 31.2 Å². The van der Waals surface area contributed by atoms with Gasteiger partial charge in [-0.2, -0.15) is 22.8 Å². The fraction of sp³-hybridized carbons (Fsp3) is 0.296. The molecule has 37 heavy (non-hydrogen) atoms. The van der Waals surface area contributed by atoms with Crippen molar-refractivity contribution in [1.82, 2.24) is 9.88 Å². The summed E-state index contributed by atoms with van der Waals surface area (Å²) in [6, 6.07) is 16.9. The lowest BCUT2D eigenvalue weighted by molar-refractivity contribution is -0.191. The summed E-state index contributed by atoms with van der Waals surface area (Å²) in [5.74, 6) is 0. The maximum atomic E-state index is 13.4. The molecule has 0 bridgehead atoms. The standard InChI is InChI=1S/C26H24F3N3O2.CO2/c27-26(28,29)21-6-7-23(19-8-12-30-13-9-19)20(16-21)17-31-14-10-25(11-15-31)18-32(24(33)34-25)22-4-2-1-3-5-22;2-1-3/h1-9,12-13,16H,10-11,14-15,17-18H2;. The Morgan fingerprint density at radius 2 is 1.62 bits per heavy atom. The van der Waals surface area contributed by atoms with E-state index in [0.29, 0.717) is 44.6 Å². The topological polar surface area (TPSA) is 79.8 Å². The molecule has 2 aromatic carbocycles. The molecule has 2 aliphatic rings. The van der Waals surface area contributed by atoms with E-state index < -0.39 is 17.3 Å². The predicted octanol–water partition coefficient (Wildman–Crippen LogP) is 5.18. The predicted molar refractivity (Wildman–Crippen MR) is 127 cm³/mol. The smallest absolute Gasteiger partial charge is 0.416 e. The van der Waals surface area contributed by atoms with Crippen LogP contribution in [0.3, 0.4) is 0 Å². The molecule has 3 heterocycles. The summed E-state index contributed by atoms with van der Waals surface area (Å²) in [5, 5.41) is 0. The molecule has 3 aromatic rings. The molecule has 1 aromatic heterocycles. The van der Waals surface area contributed by atoms with E-state index in [0.717, 1.165) is 22.9 Å². The molecule has 0 radical (unpaired) electrons. The van der Waals surface area contributed by atoms with Crippen LogP contribution >= 0.6 is 0 Å². The molecule has 1 amide bonds. The number of piperidine rings is 1. The van der Waals surface area contributed by atoms with E-state index in [9.17, 15) is 18.0 Å². The second-order valence-corrected chi connectivity index (χ2v) is 8.94. The normalized spacial score (nSPS) is 17.1. The van der Waals surface area contributed by atoms with Crippen LogP contribution in [0.15, 0.2) is 73.1 Å².